The zero-order valence-corrected chi connectivity index (χ0v) is 25.4. The van der Waals surface area contributed by atoms with Crippen LogP contribution in [-0.2, 0) is 21.3 Å². The zero-order chi connectivity index (χ0) is 29.4. The fourth-order valence-corrected chi connectivity index (χ4v) is 5.94. The average Bonchev–Trinajstić information content (AvgIpc) is 3.79. The molecule has 2 atom stereocenters. The Morgan fingerprint density at radius 3 is 2.27 bits per heavy atom. The van der Waals surface area contributed by atoms with Crippen molar-refractivity contribution in [1.29, 1.82) is 0 Å². The van der Waals surface area contributed by atoms with Gasteiger partial charge >= 0.3 is 12.2 Å². The van der Waals surface area contributed by atoms with Gasteiger partial charge in [-0.05, 0) is 98.0 Å². The molecule has 0 bridgehead atoms. The topological polar surface area (TPSA) is 107 Å². The third-order valence-electron chi connectivity index (χ3n) is 8.31. The molecular formula is C32H46N4O5. The zero-order valence-electron chi connectivity index (χ0n) is 25.4. The van der Waals surface area contributed by atoms with Crippen LogP contribution in [0.4, 0.5) is 9.59 Å². The predicted molar refractivity (Wildman–Crippen MR) is 155 cm³/mol. The van der Waals surface area contributed by atoms with Crippen molar-refractivity contribution in [3.05, 3.63) is 47.6 Å². The van der Waals surface area contributed by atoms with E-state index in [1.54, 1.807) is 0 Å². The second kappa shape index (κ2) is 11.3. The van der Waals surface area contributed by atoms with Crippen LogP contribution in [0.25, 0.3) is 0 Å². The largest absolute Gasteiger partial charge is 0.444 e. The van der Waals surface area contributed by atoms with Crippen molar-refractivity contribution >= 4 is 12.2 Å². The second-order valence-corrected chi connectivity index (χ2v) is 14.3. The van der Waals surface area contributed by atoms with Gasteiger partial charge in [0, 0.05) is 31.0 Å². The summed E-state index contributed by atoms with van der Waals surface area (Å²) in [5, 5.41) is 7.42. The molecule has 0 unspecified atom stereocenters. The number of amides is 2. The minimum atomic E-state index is -0.566. The van der Waals surface area contributed by atoms with Crippen molar-refractivity contribution in [3.63, 3.8) is 0 Å². The molecule has 0 spiro atoms. The van der Waals surface area contributed by atoms with Gasteiger partial charge < -0.3 is 24.2 Å². The molecule has 0 saturated heterocycles. The average molecular weight is 567 g/mol. The molecule has 41 heavy (non-hydrogen) atoms. The standard InChI is InChI=1S/C32H46N4O5/c1-30(2,3)39-28(37)33-23-14-12-21(13-15-23)18-26-34-27(35-41-26)32(16-17-32)20-36(29(38)40-31(4,5)6)25-19-24(25)22-10-8-7-9-11-22/h7-11,21,23-25H,12-20H2,1-6H3,(H,33,37)/t21?,23?,24-,25+/m0/s1. The van der Waals surface area contributed by atoms with Gasteiger partial charge in [-0.2, -0.15) is 4.98 Å². The van der Waals surface area contributed by atoms with E-state index < -0.39 is 11.2 Å². The summed E-state index contributed by atoms with van der Waals surface area (Å²) >= 11 is 0. The molecule has 224 valence electrons. The van der Waals surface area contributed by atoms with Gasteiger partial charge in [0.15, 0.2) is 5.82 Å². The number of aromatic nitrogens is 2. The van der Waals surface area contributed by atoms with Crippen LogP contribution in [0, 0.1) is 5.92 Å². The van der Waals surface area contributed by atoms with E-state index >= 15 is 0 Å². The Balaban J connectivity index is 1.18. The van der Waals surface area contributed by atoms with Gasteiger partial charge in [-0.15, -0.1) is 0 Å². The summed E-state index contributed by atoms with van der Waals surface area (Å²) in [6.07, 6.45) is 6.68. The van der Waals surface area contributed by atoms with Crippen molar-refractivity contribution in [2.24, 2.45) is 5.92 Å². The van der Waals surface area contributed by atoms with Gasteiger partial charge in [-0.3, -0.25) is 0 Å². The molecule has 3 aliphatic rings. The van der Waals surface area contributed by atoms with Crippen LogP contribution in [0.2, 0.25) is 0 Å². The molecule has 5 rings (SSSR count). The number of nitrogens with zero attached hydrogens (tertiary/aromatic N) is 3. The van der Waals surface area contributed by atoms with Crippen molar-refractivity contribution in [3.8, 4) is 0 Å². The fourth-order valence-electron chi connectivity index (χ4n) is 5.94. The van der Waals surface area contributed by atoms with E-state index in [9.17, 15) is 9.59 Å². The molecule has 3 saturated carbocycles. The summed E-state index contributed by atoms with van der Waals surface area (Å²) in [6.45, 7) is 11.9. The molecule has 2 amide bonds. The lowest BCUT2D eigenvalue weighted by atomic mass is 9.84. The van der Waals surface area contributed by atoms with Crippen LogP contribution in [-0.4, -0.2) is 57.1 Å². The lowest BCUT2D eigenvalue weighted by Crippen LogP contribution is -2.43. The van der Waals surface area contributed by atoms with Gasteiger partial charge in [0.2, 0.25) is 5.89 Å². The first-order valence-corrected chi connectivity index (χ1v) is 15.2. The van der Waals surface area contributed by atoms with E-state index in [0.717, 1.165) is 51.4 Å². The number of alkyl carbamates (subject to hydrolysis) is 1. The third-order valence-corrected chi connectivity index (χ3v) is 8.31. The van der Waals surface area contributed by atoms with Gasteiger partial charge in [0.25, 0.3) is 0 Å². The molecule has 3 fully saturated rings. The van der Waals surface area contributed by atoms with Crippen LogP contribution >= 0.6 is 0 Å². The summed E-state index contributed by atoms with van der Waals surface area (Å²) in [4.78, 5) is 32.3. The fraction of sp³-hybridized carbons (Fsp3) is 0.688. The lowest BCUT2D eigenvalue weighted by molar-refractivity contribution is 0.0208. The molecule has 9 heteroatoms. The van der Waals surface area contributed by atoms with Crippen molar-refractivity contribution in [2.45, 2.75) is 128 Å². The highest BCUT2D eigenvalue weighted by molar-refractivity contribution is 5.70. The van der Waals surface area contributed by atoms with Crippen LogP contribution in [0.3, 0.4) is 0 Å². The number of hydrogen-bond donors (Lipinski definition) is 1. The van der Waals surface area contributed by atoms with Gasteiger partial charge in [-0.1, -0.05) is 35.5 Å². The summed E-state index contributed by atoms with van der Waals surface area (Å²) < 4.78 is 17.0. The first-order valence-electron chi connectivity index (χ1n) is 15.2. The molecule has 1 N–H and O–H groups in total. The van der Waals surface area contributed by atoms with E-state index in [2.05, 4.69) is 34.7 Å². The molecule has 9 nitrogen and oxygen atoms in total. The maximum Gasteiger partial charge on any atom is 0.410 e. The Morgan fingerprint density at radius 2 is 1.66 bits per heavy atom. The Kier molecular flexibility index (Phi) is 8.09. The minimum Gasteiger partial charge on any atom is -0.444 e. The number of carbonyl (C=O) groups is 2. The summed E-state index contributed by atoms with van der Waals surface area (Å²) in [5.74, 6) is 2.12. The Hall–Kier alpha value is -3.10. The third kappa shape index (κ3) is 7.80. The number of benzene rings is 1. The molecular weight excluding hydrogens is 520 g/mol. The van der Waals surface area contributed by atoms with Gasteiger partial charge in [0.05, 0.1) is 5.41 Å². The number of rotatable bonds is 8. The molecule has 0 aliphatic heterocycles. The first-order chi connectivity index (χ1) is 19.3. The summed E-state index contributed by atoms with van der Waals surface area (Å²) in [6, 6.07) is 10.6. The molecule has 1 aromatic carbocycles. The number of ether oxygens (including phenoxy) is 2. The smallest absolute Gasteiger partial charge is 0.410 e. The SMILES string of the molecule is CC(C)(C)OC(=O)NC1CCC(Cc2nc(C3(CN(C(=O)OC(C)(C)C)[C@@H]4C[C@H]4c4ccccc4)CC3)no2)CC1. The van der Waals surface area contributed by atoms with Crippen molar-refractivity contribution in [1.82, 2.24) is 20.4 Å². The number of hydrogen-bond acceptors (Lipinski definition) is 7. The van der Waals surface area contributed by atoms with Crippen LogP contribution in [0.1, 0.15) is 110 Å². The maximum absolute atomic E-state index is 13.4. The van der Waals surface area contributed by atoms with Gasteiger partial charge in [-0.25, -0.2) is 9.59 Å². The molecule has 1 aromatic heterocycles. The second-order valence-electron chi connectivity index (χ2n) is 14.3. The van der Waals surface area contributed by atoms with E-state index in [4.69, 9.17) is 19.0 Å². The number of nitrogens with one attached hydrogen (secondary N) is 1. The summed E-state index contributed by atoms with van der Waals surface area (Å²) in [7, 11) is 0. The quantitative estimate of drug-likeness (QED) is 0.388. The van der Waals surface area contributed by atoms with Crippen LogP contribution in [0.5, 0.6) is 0 Å². The van der Waals surface area contributed by atoms with E-state index in [1.165, 1.54) is 5.56 Å². The highest BCUT2D eigenvalue weighted by Gasteiger charge is 2.55. The molecule has 2 aromatic rings. The molecule has 3 aliphatic carbocycles. The van der Waals surface area contributed by atoms with Crippen molar-refractivity contribution in [2.75, 3.05) is 6.54 Å². The van der Waals surface area contributed by atoms with E-state index in [-0.39, 0.29) is 29.7 Å². The lowest BCUT2D eigenvalue weighted by Gasteiger charge is -2.30. The highest BCUT2D eigenvalue weighted by atomic mass is 16.6. The van der Waals surface area contributed by atoms with E-state index in [0.29, 0.717) is 30.1 Å². The Labute approximate surface area is 243 Å². The molecule has 0 radical (unpaired) electrons. The molecule has 1 heterocycles. The maximum atomic E-state index is 13.4. The van der Waals surface area contributed by atoms with Gasteiger partial charge in [0.1, 0.15) is 11.2 Å². The van der Waals surface area contributed by atoms with E-state index in [1.807, 2.05) is 52.5 Å². The predicted octanol–water partition coefficient (Wildman–Crippen LogP) is 6.52. The van der Waals surface area contributed by atoms with Crippen LogP contribution < -0.4 is 5.32 Å². The first kappa shape index (κ1) is 29.4. The Bertz CT molecular complexity index is 1200. The summed E-state index contributed by atoms with van der Waals surface area (Å²) in [5.41, 5.74) is -0.0857. The number of carbonyl (C=O) groups excluding carboxylic acids is 2. The highest BCUT2D eigenvalue weighted by Crippen LogP contribution is 2.52. The Morgan fingerprint density at radius 1 is 1.00 bits per heavy atom. The minimum absolute atomic E-state index is 0.112. The van der Waals surface area contributed by atoms with Crippen LogP contribution in [0.15, 0.2) is 34.9 Å². The van der Waals surface area contributed by atoms with Crippen molar-refractivity contribution < 1.29 is 23.6 Å². The monoisotopic (exact) mass is 566 g/mol. The normalized spacial score (nSPS) is 25.2.